The van der Waals surface area contributed by atoms with Crippen LogP contribution in [0.3, 0.4) is 0 Å². The van der Waals surface area contributed by atoms with Gasteiger partial charge in [0, 0.05) is 27.2 Å². The summed E-state index contributed by atoms with van der Waals surface area (Å²) in [5.74, 6) is -3.25. The zero-order valence-electron chi connectivity index (χ0n) is 17.1. The van der Waals surface area contributed by atoms with Crippen molar-refractivity contribution in [2.45, 2.75) is 52.2 Å². The van der Waals surface area contributed by atoms with E-state index in [0.29, 0.717) is 0 Å². The van der Waals surface area contributed by atoms with Crippen molar-refractivity contribution in [2.24, 2.45) is 0 Å². The Bertz CT molecular complexity index is 597. The number of aliphatic hydroxyl groups excluding tert-OH is 1. The lowest BCUT2D eigenvalue weighted by Gasteiger charge is -2.28. The van der Waals surface area contributed by atoms with E-state index >= 15 is 0 Å². The summed E-state index contributed by atoms with van der Waals surface area (Å²) in [7, 11) is 1.29. The first-order valence-corrected chi connectivity index (χ1v) is 9.03. The average Bonchev–Trinajstić information content (AvgIpc) is 2.90. The highest BCUT2D eigenvalue weighted by Gasteiger charge is 2.52. The number of esters is 4. The predicted molar refractivity (Wildman–Crippen MR) is 96.0 cm³/mol. The fraction of sp³-hybridized carbons (Fsp3) is 0.667. The summed E-state index contributed by atoms with van der Waals surface area (Å²) in [6.07, 6.45) is -2.22. The van der Waals surface area contributed by atoms with Gasteiger partial charge in [0.2, 0.25) is 0 Å². The number of nitrogens with zero attached hydrogens (tertiary/aromatic N) is 1. The van der Waals surface area contributed by atoms with Gasteiger partial charge in [-0.25, -0.2) is 9.59 Å². The average molecular weight is 417 g/mol. The molecule has 1 aliphatic rings. The number of carbonyl (C=O) groups excluding carboxylic acids is 4. The predicted octanol–water partition coefficient (Wildman–Crippen LogP) is -0.491. The van der Waals surface area contributed by atoms with Crippen LogP contribution >= 0.6 is 0 Å². The van der Waals surface area contributed by atoms with E-state index < -0.39 is 60.5 Å². The Kier molecular flexibility index (Phi) is 9.56. The molecule has 0 aliphatic carbocycles. The molecule has 0 aromatic carbocycles. The van der Waals surface area contributed by atoms with E-state index in [0.717, 1.165) is 20.0 Å². The summed E-state index contributed by atoms with van der Waals surface area (Å²) in [6.45, 7) is 4.91. The Morgan fingerprint density at radius 3 is 1.79 bits per heavy atom. The second-order valence-corrected chi connectivity index (χ2v) is 5.96. The third-order valence-corrected chi connectivity index (χ3v) is 3.96. The molecule has 29 heavy (non-hydrogen) atoms. The van der Waals surface area contributed by atoms with Gasteiger partial charge < -0.3 is 33.7 Å². The summed E-state index contributed by atoms with van der Waals surface area (Å²) in [5, 5.41) is 9.89. The van der Waals surface area contributed by atoms with Crippen molar-refractivity contribution in [3.05, 3.63) is 11.8 Å². The standard InChI is InChI=1S/C18H27NO10/c1-6-26-17(23)12(18(24)27-7-2)8-19-13(9-20)14(28-10(3)21)15(16(19)25-5)29-11(4)22/h8,13-16,20H,6-7,9H2,1-5H3/t13-,14-,15+,16+/m0/s1. The summed E-state index contributed by atoms with van der Waals surface area (Å²) >= 11 is 0. The summed E-state index contributed by atoms with van der Waals surface area (Å²) in [5.41, 5.74) is -0.459. The second-order valence-electron chi connectivity index (χ2n) is 5.96. The molecule has 0 saturated carbocycles. The zero-order valence-corrected chi connectivity index (χ0v) is 17.1. The molecule has 1 rings (SSSR count). The van der Waals surface area contributed by atoms with Gasteiger partial charge in [0.05, 0.1) is 25.9 Å². The highest BCUT2D eigenvalue weighted by Crippen LogP contribution is 2.32. The lowest BCUT2D eigenvalue weighted by Crippen LogP contribution is -2.41. The van der Waals surface area contributed by atoms with E-state index in [9.17, 15) is 24.3 Å². The van der Waals surface area contributed by atoms with Crippen LogP contribution in [-0.4, -0.2) is 85.3 Å². The molecule has 1 saturated heterocycles. The van der Waals surface area contributed by atoms with Gasteiger partial charge >= 0.3 is 23.9 Å². The Balaban J connectivity index is 3.45. The fourth-order valence-corrected chi connectivity index (χ4v) is 2.94. The number of hydrogen-bond donors (Lipinski definition) is 1. The number of ether oxygens (including phenoxy) is 5. The smallest absolute Gasteiger partial charge is 0.347 e. The zero-order chi connectivity index (χ0) is 22.1. The minimum absolute atomic E-state index is 0.0128. The fourth-order valence-electron chi connectivity index (χ4n) is 2.94. The highest BCUT2D eigenvalue weighted by molar-refractivity contribution is 6.13. The molecular formula is C18H27NO10. The van der Waals surface area contributed by atoms with Crippen molar-refractivity contribution in [2.75, 3.05) is 26.9 Å². The lowest BCUT2D eigenvalue weighted by atomic mass is 10.1. The van der Waals surface area contributed by atoms with E-state index in [4.69, 9.17) is 23.7 Å². The van der Waals surface area contributed by atoms with Crippen molar-refractivity contribution < 1.29 is 48.0 Å². The van der Waals surface area contributed by atoms with Gasteiger partial charge in [0.1, 0.15) is 0 Å². The first kappa shape index (κ1) is 24.4. The molecule has 11 heteroatoms. The van der Waals surface area contributed by atoms with Crippen LogP contribution in [-0.2, 0) is 42.9 Å². The van der Waals surface area contributed by atoms with Gasteiger partial charge in [-0.1, -0.05) is 0 Å². The van der Waals surface area contributed by atoms with Crippen LogP contribution in [0.1, 0.15) is 27.7 Å². The van der Waals surface area contributed by atoms with Crippen LogP contribution in [0.2, 0.25) is 0 Å². The van der Waals surface area contributed by atoms with Gasteiger partial charge in [-0.05, 0) is 13.8 Å². The molecule has 1 N–H and O–H groups in total. The van der Waals surface area contributed by atoms with Crippen molar-refractivity contribution in [3.8, 4) is 0 Å². The number of methoxy groups -OCH3 is 1. The maximum absolute atomic E-state index is 12.3. The third kappa shape index (κ3) is 6.16. The van der Waals surface area contributed by atoms with Crippen molar-refractivity contribution in [3.63, 3.8) is 0 Å². The van der Waals surface area contributed by atoms with E-state index in [1.807, 2.05) is 0 Å². The van der Waals surface area contributed by atoms with Crippen LogP contribution in [0.25, 0.3) is 0 Å². The minimum atomic E-state index is -1.12. The van der Waals surface area contributed by atoms with E-state index in [2.05, 4.69) is 0 Å². The van der Waals surface area contributed by atoms with E-state index in [1.54, 1.807) is 13.8 Å². The van der Waals surface area contributed by atoms with Crippen LogP contribution in [0, 0.1) is 0 Å². The minimum Gasteiger partial charge on any atom is -0.462 e. The molecule has 0 aromatic heterocycles. The second kappa shape index (κ2) is 11.4. The number of aliphatic hydroxyl groups is 1. The molecule has 1 fully saturated rings. The van der Waals surface area contributed by atoms with E-state index in [1.165, 1.54) is 12.0 Å². The summed E-state index contributed by atoms with van der Waals surface area (Å²) in [4.78, 5) is 48.9. The van der Waals surface area contributed by atoms with Gasteiger partial charge in [-0.2, -0.15) is 0 Å². The number of carbonyl (C=O) groups is 4. The third-order valence-electron chi connectivity index (χ3n) is 3.96. The molecule has 1 heterocycles. The van der Waals surface area contributed by atoms with Crippen molar-refractivity contribution >= 4 is 23.9 Å². The van der Waals surface area contributed by atoms with Crippen molar-refractivity contribution in [1.82, 2.24) is 4.90 Å². The van der Waals surface area contributed by atoms with Crippen LogP contribution in [0.4, 0.5) is 0 Å². The summed E-state index contributed by atoms with van der Waals surface area (Å²) in [6, 6.07) is -0.980. The van der Waals surface area contributed by atoms with Gasteiger partial charge in [0.15, 0.2) is 24.0 Å². The molecule has 4 atom stereocenters. The molecule has 164 valence electrons. The molecule has 11 nitrogen and oxygen atoms in total. The topological polar surface area (TPSA) is 138 Å². The van der Waals surface area contributed by atoms with Gasteiger partial charge in [0.25, 0.3) is 0 Å². The Morgan fingerprint density at radius 2 is 1.41 bits per heavy atom. The molecule has 0 bridgehead atoms. The molecular weight excluding hydrogens is 390 g/mol. The van der Waals surface area contributed by atoms with Crippen LogP contribution in [0.5, 0.6) is 0 Å². The van der Waals surface area contributed by atoms with Gasteiger partial charge in [-0.15, -0.1) is 0 Å². The SMILES string of the molecule is CCOC(=O)C(=CN1[C@H](OC)[C@H](OC(C)=O)[C@@H](OC(C)=O)[C@@H]1CO)C(=O)OCC. The molecule has 1 aliphatic heterocycles. The Labute approximate surface area is 168 Å². The molecule has 0 unspecified atom stereocenters. The Morgan fingerprint density at radius 1 is 0.931 bits per heavy atom. The quantitative estimate of drug-likeness (QED) is 0.171. The maximum Gasteiger partial charge on any atom is 0.347 e. The molecule has 0 radical (unpaired) electrons. The molecule has 0 amide bonds. The van der Waals surface area contributed by atoms with Gasteiger partial charge in [-0.3, -0.25) is 9.59 Å². The molecule has 0 spiro atoms. The van der Waals surface area contributed by atoms with Crippen LogP contribution in [0.15, 0.2) is 11.8 Å². The van der Waals surface area contributed by atoms with Crippen LogP contribution < -0.4 is 0 Å². The normalized spacial score (nSPS) is 23.2. The Hall–Kier alpha value is -2.66. The first-order chi connectivity index (χ1) is 13.7. The monoisotopic (exact) mass is 417 g/mol. The number of hydrogen-bond acceptors (Lipinski definition) is 11. The highest BCUT2D eigenvalue weighted by atomic mass is 16.6. The summed E-state index contributed by atoms with van der Waals surface area (Å²) < 4.78 is 25.6. The number of rotatable bonds is 9. The maximum atomic E-state index is 12.3. The number of likely N-dealkylation sites (tertiary alicyclic amines) is 1. The van der Waals surface area contributed by atoms with E-state index in [-0.39, 0.29) is 13.2 Å². The first-order valence-electron chi connectivity index (χ1n) is 9.03. The largest absolute Gasteiger partial charge is 0.462 e. The molecule has 0 aromatic rings. The van der Waals surface area contributed by atoms with Crippen molar-refractivity contribution in [1.29, 1.82) is 0 Å². The lowest BCUT2D eigenvalue weighted by molar-refractivity contribution is -0.171.